The van der Waals surface area contributed by atoms with Crippen molar-refractivity contribution in [3.8, 4) is 11.3 Å². The van der Waals surface area contributed by atoms with Crippen molar-refractivity contribution in [3.63, 3.8) is 0 Å². The molecule has 150 valence electrons. The summed E-state index contributed by atoms with van der Waals surface area (Å²) in [7, 11) is 0. The Morgan fingerprint density at radius 2 is 2.00 bits per heavy atom. The fourth-order valence-electron chi connectivity index (χ4n) is 3.90. The molecule has 1 aromatic carbocycles. The maximum atomic E-state index is 13.0. The van der Waals surface area contributed by atoms with E-state index >= 15 is 0 Å². The van der Waals surface area contributed by atoms with Crippen LogP contribution in [-0.4, -0.2) is 46.4 Å². The molecule has 1 saturated heterocycles. The zero-order valence-corrected chi connectivity index (χ0v) is 16.8. The molecule has 2 aliphatic rings. The number of benzene rings is 1. The Kier molecular flexibility index (Phi) is 5.19. The van der Waals surface area contributed by atoms with Crippen molar-refractivity contribution in [1.82, 2.24) is 15.2 Å². The van der Waals surface area contributed by atoms with Crippen molar-refractivity contribution in [2.45, 2.75) is 31.2 Å². The molecule has 0 unspecified atom stereocenters. The Bertz CT molecular complexity index is 950. The van der Waals surface area contributed by atoms with Gasteiger partial charge in [-0.25, -0.2) is 9.78 Å². The van der Waals surface area contributed by atoms with Gasteiger partial charge in [0.15, 0.2) is 5.13 Å². The van der Waals surface area contributed by atoms with Crippen molar-refractivity contribution < 1.29 is 14.4 Å². The number of thiazole rings is 1. The van der Waals surface area contributed by atoms with Gasteiger partial charge >= 0.3 is 6.03 Å². The number of nitrogens with zero attached hydrogens (tertiary/aromatic N) is 3. The minimum absolute atomic E-state index is 0.245. The molecule has 7 nitrogen and oxygen atoms in total. The third kappa shape index (κ3) is 3.55. The number of amides is 4. The number of anilines is 1. The minimum Gasteiger partial charge on any atom is -0.323 e. The van der Waals surface area contributed by atoms with E-state index < -0.39 is 11.6 Å². The van der Waals surface area contributed by atoms with E-state index in [9.17, 15) is 14.4 Å². The Morgan fingerprint density at radius 1 is 1.28 bits per heavy atom. The van der Waals surface area contributed by atoms with Crippen LogP contribution in [-0.2, 0) is 9.59 Å². The number of carbonyl (C=O) groups excluding carboxylic acids is 3. The van der Waals surface area contributed by atoms with Gasteiger partial charge in [0, 0.05) is 17.5 Å². The van der Waals surface area contributed by atoms with Gasteiger partial charge in [-0.3, -0.25) is 19.4 Å². The number of nitrogens with one attached hydrogen (secondary N) is 1. The van der Waals surface area contributed by atoms with Crippen molar-refractivity contribution in [3.05, 3.63) is 48.4 Å². The Labute approximate surface area is 173 Å². The second-order valence-electron chi connectivity index (χ2n) is 7.29. The normalized spacial score (nSPS) is 17.6. The van der Waals surface area contributed by atoms with E-state index in [4.69, 9.17) is 0 Å². The van der Waals surface area contributed by atoms with E-state index in [0.29, 0.717) is 18.0 Å². The number of hydrogen-bond donors (Lipinski definition) is 1. The third-order valence-electron chi connectivity index (χ3n) is 5.40. The molecule has 0 atom stereocenters. The maximum Gasteiger partial charge on any atom is 0.325 e. The molecule has 1 N–H and O–H groups in total. The molecule has 2 aromatic rings. The lowest BCUT2D eigenvalue weighted by Gasteiger charge is -2.22. The van der Waals surface area contributed by atoms with Crippen LogP contribution >= 0.6 is 11.3 Å². The molecule has 0 bridgehead atoms. The van der Waals surface area contributed by atoms with E-state index in [2.05, 4.69) is 16.9 Å². The Morgan fingerprint density at radius 3 is 2.69 bits per heavy atom. The highest BCUT2D eigenvalue weighted by Gasteiger charge is 2.52. The summed E-state index contributed by atoms with van der Waals surface area (Å²) in [5.74, 6) is -0.659. The SMILES string of the molecule is C=CCN(C(=O)CN1C(=O)NC2(CCCC2)C1=O)c1nc(-c2ccccc2)cs1. The van der Waals surface area contributed by atoms with E-state index in [1.54, 1.807) is 6.08 Å². The standard InChI is InChI=1S/C21H22N4O3S/c1-2-12-24(20-22-16(14-29-20)15-8-4-3-5-9-15)17(26)13-25-18(27)21(23-19(25)28)10-6-7-11-21/h2-5,8-9,14H,1,6-7,10-13H2,(H,23,28). The van der Waals surface area contributed by atoms with Crippen LogP contribution in [0.2, 0.25) is 0 Å². The van der Waals surface area contributed by atoms with Crippen LogP contribution < -0.4 is 10.2 Å². The molecule has 0 radical (unpaired) electrons. The Balaban J connectivity index is 1.53. The van der Waals surface area contributed by atoms with Gasteiger partial charge in [0.2, 0.25) is 5.91 Å². The largest absolute Gasteiger partial charge is 0.325 e. The topological polar surface area (TPSA) is 82.6 Å². The molecule has 4 rings (SSSR count). The second-order valence-corrected chi connectivity index (χ2v) is 8.12. The molecule has 1 aliphatic carbocycles. The molecule has 1 aromatic heterocycles. The molecule has 1 saturated carbocycles. The highest BCUT2D eigenvalue weighted by atomic mass is 32.1. The summed E-state index contributed by atoms with van der Waals surface area (Å²) in [6.45, 7) is 3.66. The number of urea groups is 1. The summed E-state index contributed by atoms with van der Waals surface area (Å²) in [5, 5.41) is 5.20. The summed E-state index contributed by atoms with van der Waals surface area (Å²) in [6.07, 6.45) is 4.67. The summed E-state index contributed by atoms with van der Waals surface area (Å²) >= 11 is 1.34. The third-order valence-corrected chi connectivity index (χ3v) is 6.27. The van der Waals surface area contributed by atoms with Gasteiger partial charge in [-0.05, 0) is 12.8 Å². The predicted octanol–water partition coefficient (Wildman–Crippen LogP) is 3.19. The van der Waals surface area contributed by atoms with Gasteiger partial charge in [-0.15, -0.1) is 17.9 Å². The molecule has 2 heterocycles. The highest BCUT2D eigenvalue weighted by molar-refractivity contribution is 7.14. The van der Waals surface area contributed by atoms with Crippen molar-refractivity contribution in [2.24, 2.45) is 0 Å². The Hall–Kier alpha value is -3.00. The molecule has 29 heavy (non-hydrogen) atoms. The van der Waals surface area contributed by atoms with Crippen LogP contribution in [0.25, 0.3) is 11.3 Å². The van der Waals surface area contributed by atoms with E-state index in [1.807, 2.05) is 35.7 Å². The van der Waals surface area contributed by atoms with Gasteiger partial charge in [0.25, 0.3) is 5.91 Å². The van der Waals surface area contributed by atoms with Gasteiger partial charge in [0.05, 0.1) is 5.69 Å². The van der Waals surface area contributed by atoms with Crippen LogP contribution in [0.1, 0.15) is 25.7 Å². The van der Waals surface area contributed by atoms with E-state index in [1.165, 1.54) is 16.2 Å². The molecular formula is C21H22N4O3S. The first-order valence-corrected chi connectivity index (χ1v) is 10.5. The fraction of sp³-hybridized carbons (Fsp3) is 0.333. The smallest absolute Gasteiger partial charge is 0.323 e. The first-order valence-electron chi connectivity index (χ1n) is 9.60. The van der Waals surface area contributed by atoms with Crippen molar-refractivity contribution >= 4 is 34.3 Å². The number of imide groups is 1. The summed E-state index contributed by atoms with van der Waals surface area (Å²) in [5.41, 5.74) is 0.910. The number of carbonyl (C=O) groups is 3. The number of aromatic nitrogens is 1. The lowest BCUT2D eigenvalue weighted by Crippen LogP contribution is -2.46. The van der Waals surface area contributed by atoms with Crippen LogP contribution in [0, 0.1) is 0 Å². The first-order chi connectivity index (χ1) is 14.0. The molecule has 1 aliphatic heterocycles. The summed E-state index contributed by atoms with van der Waals surface area (Å²) in [6, 6.07) is 9.20. The van der Waals surface area contributed by atoms with Crippen LogP contribution in [0.15, 0.2) is 48.4 Å². The molecule has 2 fully saturated rings. The molecule has 8 heteroatoms. The molecular weight excluding hydrogens is 388 g/mol. The van der Waals surface area contributed by atoms with E-state index in [0.717, 1.165) is 29.0 Å². The van der Waals surface area contributed by atoms with E-state index in [-0.39, 0.29) is 24.9 Å². The van der Waals surface area contributed by atoms with Crippen LogP contribution in [0.5, 0.6) is 0 Å². The van der Waals surface area contributed by atoms with Gasteiger partial charge in [-0.1, -0.05) is 49.2 Å². The van der Waals surface area contributed by atoms with Crippen LogP contribution in [0.3, 0.4) is 0 Å². The zero-order chi connectivity index (χ0) is 20.4. The lowest BCUT2D eigenvalue weighted by molar-refractivity contribution is -0.134. The number of hydrogen-bond acceptors (Lipinski definition) is 5. The van der Waals surface area contributed by atoms with Crippen LogP contribution in [0.4, 0.5) is 9.93 Å². The van der Waals surface area contributed by atoms with Crippen molar-refractivity contribution in [1.29, 1.82) is 0 Å². The summed E-state index contributed by atoms with van der Waals surface area (Å²) < 4.78 is 0. The molecule has 4 amide bonds. The summed E-state index contributed by atoms with van der Waals surface area (Å²) in [4.78, 5) is 45.3. The van der Waals surface area contributed by atoms with Gasteiger partial charge < -0.3 is 5.32 Å². The predicted molar refractivity (Wildman–Crippen MR) is 112 cm³/mol. The first kappa shape index (κ1) is 19.3. The van der Waals surface area contributed by atoms with Gasteiger partial charge in [-0.2, -0.15) is 0 Å². The zero-order valence-electron chi connectivity index (χ0n) is 16.0. The fourth-order valence-corrected chi connectivity index (χ4v) is 4.76. The maximum absolute atomic E-state index is 13.0. The molecule has 1 spiro atoms. The quantitative estimate of drug-likeness (QED) is 0.586. The highest BCUT2D eigenvalue weighted by Crippen LogP contribution is 2.35. The van der Waals surface area contributed by atoms with Gasteiger partial charge in [0.1, 0.15) is 12.1 Å². The minimum atomic E-state index is -0.817. The van der Waals surface area contributed by atoms with Crippen molar-refractivity contribution in [2.75, 3.05) is 18.0 Å². The monoisotopic (exact) mass is 410 g/mol. The average molecular weight is 410 g/mol. The second kappa shape index (κ2) is 7.79. The average Bonchev–Trinajstić information content (AvgIpc) is 3.44. The number of rotatable bonds is 6. The lowest BCUT2D eigenvalue weighted by atomic mass is 9.98.